The normalized spacial score (nSPS) is 13.5. The lowest BCUT2D eigenvalue weighted by molar-refractivity contribution is 0.437. The van der Waals surface area contributed by atoms with Crippen molar-refractivity contribution in [1.82, 2.24) is 15.0 Å². The third-order valence-corrected chi connectivity index (χ3v) is 11.5. The molecule has 0 saturated carbocycles. The van der Waals surface area contributed by atoms with Gasteiger partial charge in [0, 0.05) is 50.0 Å². The van der Waals surface area contributed by atoms with Crippen LogP contribution in [0.3, 0.4) is 0 Å². The zero-order valence-electron chi connectivity index (χ0n) is 29.0. The topological polar surface area (TPSA) is 47.9 Å². The standard InChI is InChI=1S/C50H29N3O/c1-4-17-39-34(14-1)35-15-2-5-18-40(35)50(39)41-19-6-8-21-45(41)54-46-29-38-37(28-42(46)50)36-16-3-7-20-44(36)53-47(38)33-12-9-11-32(27-33)43-25-24-31-23-22-30-13-10-26-51-48(30)49(31)52-43/h1-29H. The van der Waals surface area contributed by atoms with Crippen LogP contribution in [0.4, 0.5) is 0 Å². The van der Waals surface area contributed by atoms with Crippen molar-refractivity contribution in [3.63, 3.8) is 0 Å². The Hall–Kier alpha value is -7.17. The monoisotopic (exact) mass is 687 g/mol. The number of hydrogen-bond donors (Lipinski definition) is 0. The van der Waals surface area contributed by atoms with Crippen LogP contribution >= 0.6 is 0 Å². The lowest BCUT2D eigenvalue weighted by Gasteiger charge is -2.39. The second kappa shape index (κ2) is 10.9. The number of pyridine rings is 3. The molecule has 54 heavy (non-hydrogen) atoms. The van der Waals surface area contributed by atoms with Crippen LogP contribution in [-0.2, 0) is 5.41 Å². The Labute approximate surface area is 311 Å². The Kier molecular flexibility index (Phi) is 5.95. The molecule has 10 aromatic rings. The van der Waals surface area contributed by atoms with E-state index < -0.39 is 5.41 Å². The Morgan fingerprint density at radius 1 is 0.426 bits per heavy atom. The van der Waals surface area contributed by atoms with Crippen LogP contribution < -0.4 is 4.74 Å². The van der Waals surface area contributed by atoms with Crippen LogP contribution in [0.25, 0.3) is 77.1 Å². The number of aromatic nitrogens is 3. The lowest BCUT2D eigenvalue weighted by Crippen LogP contribution is -2.32. The maximum absolute atomic E-state index is 6.93. The highest BCUT2D eigenvalue weighted by Crippen LogP contribution is 2.62. The van der Waals surface area contributed by atoms with Gasteiger partial charge < -0.3 is 4.74 Å². The van der Waals surface area contributed by atoms with E-state index in [4.69, 9.17) is 14.7 Å². The summed E-state index contributed by atoms with van der Waals surface area (Å²) in [5, 5.41) is 5.44. The summed E-state index contributed by atoms with van der Waals surface area (Å²) in [7, 11) is 0. The number of para-hydroxylation sites is 2. The first kappa shape index (κ1) is 29.4. The van der Waals surface area contributed by atoms with Gasteiger partial charge in [-0.25, -0.2) is 9.97 Å². The Morgan fingerprint density at radius 2 is 1.13 bits per heavy atom. The van der Waals surface area contributed by atoms with Gasteiger partial charge in [-0.2, -0.15) is 0 Å². The molecule has 0 atom stereocenters. The van der Waals surface area contributed by atoms with E-state index in [9.17, 15) is 0 Å². The molecule has 0 N–H and O–H groups in total. The molecule has 250 valence electrons. The summed E-state index contributed by atoms with van der Waals surface area (Å²) >= 11 is 0. The van der Waals surface area contributed by atoms with Gasteiger partial charge in [-0.05, 0) is 70.1 Å². The smallest absolute Gasteiger partial charge is 0.132 e. The predicted molar refractivity (Wildman–Crippen MR) is 218 cm³/mol. The van der Waals surface area contributed by atoms with E-state index in [0.29, 0.717) is 0 Å². The predicted octanol–water partition coefficient (Wildman–Crippen LogP) is 12.3. The summed E-state index contributed by atoms with van der Waals surface area (Å²) in [6.45, 7) is 0. The molecule has 4 heterocycles. The van der Waals surface area contributed by atoms with E-state index in [1.807, 2.05) is 12.3 Å². The van der Waals surface area contributed by atoms with E-state index in [-0.39, 0.29) is 0 Å². The maximum atomic E-state index is 6.93. The molecule has 1 aliphatic heterocycles. The average Bonchev–Trinajstić information content (AvgIpc) is 3.53. The first-order valence-electron chi connectivity index (χ1n) is 18.3. The largest absolute Gasteiger partial charge is 0.457 e. The number of nitrogens with zero attached hydrogens (tertiary/aromatic N) is 3. The first-order chi connectivity index (χ1) is 26.8. The van der Waals surface area contributed by atoms with E-state index in [1.165, 1.54) is 22.3 Å². The number of fused-ring (bicyclic) bond motifs is 15. The molecular weight excluding hydrogens is 659 g/mol. The van der Waals surface area contributed by atoms with Crippen LogP contribution in [-0.4, -0.2) is 15.0 Å². The minimum atomic E-state index is -0.545. The zero-order chi connectivity index (χ0) is 35.4. The van der Waals surface area contributed by atoms with Crippen molar-refractivity contribution < 1.29 is 4.74 Å². The fraction of sp³-hybridized carbons (Fsp3) is 0.0200. The molecule has 7 aromatic carbocycles. The molecule has 1 aliphatic carbocycles. The number of rotatable bonds is 2. The highest BCUT2D eigenvalue weighted by molar-refractivity contribution is 6.12. The summed E-state index contributed by atoms with van der Waals surface area (Å²) in [6.07, 6.45) is 1.83. The molecular formula is C50H29N3O. The van der Waals surface area contributed by atoms with Crippen molar-refractivity contribution in [3.05, 3.63) is 198 Å². The molecule has 1 spiro atoms. The zero-order valence-corrected chi connectivity index (χ0v) is 29.0. The van der Waals surface area contributed by atoms with E-state index in [1.54, 1.807) is 0 Å². The highest BCUT2D eigenvalue weighted by atomic mass is 16.5. The van der Waals surface area contributed by atoms with Crippen LogP contribution in [0.1, 0.15) is 22.3 Å². The Balaban J connectivity index is 1.12. The van der Waals surface area contributed by atoms with Crippen LogP contribution in [0, 0.1) is 0 Å². The van der Waals surface area contributed by atoms with Gasteiger partial charge in [-0.3, -0.25) is 4.98 Å². The Bertz CT molecular complexity index is 3170. The number of hydrogen-bond acceptors (Lipinski definition) is 4. The van der Waals surface area contributed by atoms with Crippen molar-refractivity contribution in [2.75, 3.05) is 0 Å². The minimum Gasteiger partial charge on any atom is -0.457 e. The fourth-order valence-electron chi connectivity index (χ4n) is 9.23. The summed E-state index contributed by atoms with van der Waals surface area (Å²) in [5.41, 5.74) is 13.4. The van der Waals surface area contributed by atoms with Crippen molar-refractivity contribution >= 4 is 43.5 Å². The van der Waals surface area contributed by atoms with E-state index in [2.05, 4.69) is 169 Å². The highest BCUT2D eigenvalue weighted by Gasteiger charge is 2.51. The molecule has 0 bridgehead atoms. The van der Waals surface area contributed by atoms with Gasteiger partial charge in [0.1, 0.15) is 11.5 Å². The van der Waals surface area contributed by atoms with Gasteiger partial charge in [0.25, 0.3) is 0 Å². The molecule has 3 aromatic heterocycles. The molecule has 4 heteroatoms. The van der Waals surface area contributed by atoms with E-state index in [0.717, 1.165) is 88.6 Å². The van der Waals surface area contributed by atoms with Crippen LogP contribution in [0.5, 0.6) is 11.5 Å². The van der Waals surface area contributed by atoms with Gasteiger partial charge in [0.05, 0.1) is 33.4 Å². The lowest BCUT2D eigenvalue weighted by atomic mass is 9.65. The molecule has 0 radical (unpaired) electrons. The third kappa shape index (κ3) is 3.94. The molecule has 0 saturated heterocycles. The maximum Gasteiger partial charge on any atom is 0.132 e. The SMILES string of the molecule is c1cc(-c2ccc3ccc4cccnc4c3n2)cc(-c2nc3ccccc3c3cc4c(cc23)Oc2ccccc2C42c3ccccc3-c3ccccc32)c1. The molecule has 0 unspecified atom stereocenters. The van der Waals surface area contributed by atoms with Gasteiger partial charge in [0.15, 0.2) is 0 Å². The van der Waals surface area contributed by atoms with Crippen molar-refractivity contribution in [1.29, 1.82) is 0 Å². The summed E-state index contributed by atoms with van der Waals surface area (Å²) in [6, 6.07) is 60.5. The van der Waals surface area contributed by atoms with Crippen LogP contribution in [0.15, 0.2) is 176 Å². The third-order valence-electron chi connectivity index (χ3n) is 11.5. The second-order valence-corrected chi connectivity index (χ2v) is 14.3. The summed E-state index contributed by atoms with van der Waals surface area (Å²) in [4.78, 5) is 15.2. The van der Waals surface area contributed by atoms with Gasteiger partial charge in [-0.15, -0.1) is 0 Å². The van der Waals surface area contributed by atoms with E-state index >= 15 is 0 Å². The molecule has 12 rings (SSSR count). The Morgan fingerprint density at radius 3 is 1.98 bits per heavy atom. The van der Waals surface area contributed by atoms with Crippen molar-refractivity contribution in [2.45, 2.75) is 5.41 Å². The summed E-state index contributed by atoms with van der Waals surface area (Å²) < 4.78 is 6.93. The van der Waals surface area contributed by atoms with Gasteiger partial charge in [-0.1, -0.05) is 127 Å². The molecule has 0 fully saturated rings. The average molecular weight is 688 g/mol. The van der Waals surface area contributed by atoms with Crippen LogP contribution in [0.2, 0.25) is 0 Å². The quantitative estimate of drug-likeness (QED) is 0.170. The molecule has 4 nitrogen and oxygen atoms in total. The van der Waals surface area contributed by atoms with Crippen molar-refractivity contribution in [2.24, 2.45) is 0 Å². The number of ether oxygens (including phenoxy) is 1. The van der Waals surface area contributed by atoms with Crippen molar-refractivity contribution in [3.8, 4) is 45.1 Å². The number of benzene rings is 7. The van der Waals surface area contributed by atoms with Gasteiger partial charge >= 0.3 is 0 Å². The first-order valence-corrected chi connectivity index (χ1v) is 18.3. The van der Waals surface area contributed by atoms with Gasteiger partial charge in [0.2, 0.25) is 0 Å². The minimum absolute atomic E-state index is 0.545. The summed E-state index contributed by atoms with van der Waals surface area (Å²) in [5.74, 6) is 1.72. The molecule has 2 aliphatic rings. The second-order valence-electron chi connectivity index (χ2n) is 14.3. The molecule has 0 amide bonds. The fourth-order valence-corrected chi connectivity index (χ4v) is 9.23.